The van der Waals surface area contributed by atoms with E-state index in [1.165, 1.54) is 17.5 Å². The van der Waals surface area contributed by atoms with Gasteiger partial charge in [-0.3, -0.25) is 0 Å². The third kappa shape index (κ3) is 2.18. The number of allylic oxidation sites excluding steroid dienone is 7. The molecule has 1 aromatic carbocycles. The van der Waals surface area contributed by atoms with Crippen molar-refractivity contribution in [1.82, 2.24) is 9.97 Å². The molecule has 1 aromatic heterocycles. The van der Waals surface area contributed by atoms with Gasteiger partial charge in [-0.15, -0.1) is 0 Å². The van der Waals surface area contributed by atoms with E-state index < -0.39 is 0 Å². The van der Waals surface area contributed by atoms with Gasteiger partial charge in [0, 0.05) is 11.8 Å². The van der Waals surface area contributed by atoms with Crippen LogP contribution in [-0.4, -0.2) is 16.7 Å². The van der Waals surface area contributed by atoms with E-state index in [1.807, 2.05) is 12.1 Å². The van der Waals surface area contributed by atoms with Gasteiger partial charge in [-0.2, -0.15) is 9.97 Å². The first kappa shape index (κ1) is 16.7. The zero-order valence-electron chi connectivity index (χ0n) is 16.9. The first-order valence-electron chi connectivity index (χ1n) is 10.8. The molecule has 2 atom stereocenters. The van der Waals surface area contributed by atoms with Crippen molar-refractivity contribution in [2.45, 2.75) is 38.0 Å². The number of hydrogen-bond donors (Lipinski definition) is 0. The average Bonchev–Trinajstić information content (AvgIpc) is 3.32. The van der Waals surface area contributed by atoms with Gasteiger partial charge in [0.05, 0.1) is 5.46 Å². The summed E-state index contributed by atoms with van der Waals surface area (Å²) in [5.41, 5.74) is 4.48. The summed E-state index contributed by atoms with van der Waals surface area (Å²) >= 11 is 0. The summed E-state index contributed by atoms with van der Waals surface area (Å²) in [5, 5.41) is 0. The van der Waals surface area contributed by atoms with Crippen molar-refractivity contribution in [3.63, 3.8) is 0 Å². The van der Waals surface area contributed by atoms with Crippen LogP contribution in [0.15, 0.2) is 71.5 Å². The topological polar surface area (TPSA) is 44.2 Å². The van der Waals surface area contributed by atoms with Gasteiger partial charge in [-0.25, -0.2) is 0 Å². The third-order valence-electron chi connectivity index (χ3n) is 7.24. The first-order chi connectivity index (χ1) is 14.7. The maximum absolute atomic E-state index is 6.46. The molecule has 2 aromatic rings. The summed E-state index contributed by atoms with van der Waals surface area (Å²) in [6.07, 6.45) is 15.4. The molecule has 2 aliphatic heterocycles. The summed E-state index contributed by atoms with van der Waals surface area (Å²) in [4.78, 5) is 10.0. The minimum atomic E-state index is -0.0656. The molecule has 0 saturated heterocycles. The van der Waals surface area contributed by atoms with Crippen molar-refractivity contribution in [2.75, 3.05) is 0 Å². The largest absolute Gasteiger partial charge is 0.444 e. The van der Waals surface area contributed by atoms with Crippen molar-refractivity contribution in [3.8, 4) is 17.5 Å². The zero-order chi connectivity index (χ0) is 19.9. The van der Waals surface area contributed by atoms with Crippen LogP contribution in [-0.2, 0) is 5.41 Å². The fourth-order valence-corrected chi connectivity index (χ4v) is 5.78. The van der Waals surface area contributed by atoms with Crippen LogP contribution in [0.25, 0.3) is 0 Å². The van der Waals surface area contributed by atoms with Crippen molar-refractivity contribution < 1.29 is 9.47 Å². The van der Waals surface area contributed by atoms with E-state index in [0.29, 0.717) is 17.7 Å². The lowest BCUT2D eigenvalue weighted by Gasteiger charge is -2.33. The molecule has 5 aliphatic rings. The van der Waals surface area contributed by atoms with E-state index in [0.717, 1.165) is 47.5 Å². The Morgan fingerprint density at radius 3 is 2.80 bits per heavy atom. The Bertz CT molecular complexity index is 1240. The summed E-state index contributed by atoms with van der Waals surface area (Å²) in [6, 6.07) is 8.29. The van der Waals surface area contributed by atoms with Crippen molar-refractivity contribution in [1.29, 1.82) is 0 Å². The molecular formula is C25H21BN2O2. The highest BCUT2D eigenvalue weighted by Gasteiger charge is 2.48. The molecule has 1 saturated carbocycles. The maximum Gasteiger partial charge on any atom is 0.264 e. The van der Waals surface area contributed by atoms with E-state index in [-0.39, 0.29) is 12.1 Å². The number of aromatic nitrogens is 2. The van der Waals surface area contributed by atoms with Crippen LogP contribution in [0.5, 0.6) is 17.5 Å². The lowest BCUT2D eigenvalue weighted by Crippen LogP contribution is -2.52. The molecule has 3 heterocycles. The second kappa shape index (κ2) is 5.75. The number of nitrogens with zero attached hydrogens (tertiary/aromatic N) is 2. The number of fused-ring (bicyclic) bond motifs is 5. The van der Waals surface area contributed by atoms with Crippen LogP contribution in [0.2, 0.25) is 0 Å². The molecule has 7 rings (SSSR count). The Labute approximate surface area is 176 Å². The molecule has 3 aliphatic carbocycles. The van der Waals surface area contributed by atoms with Crippen molar-refractivity contribution in [3.05, 3.63) is 77.3 Å². The molecule has 0 amide bonds. The summed E-state index contributed by atoms with van der Waals surface area (Å²) in [7, 11) is 0. The zero-order valence-corrected chi connectivity index (χ0v) is 16.9. The molecule has 0 N–H and O–H groups in total. The fourth-order valence-electron chi connectivity index (χ4n) is 5.78. The van der Waals surface area contributed by atoms with Gasteiger partial charge in [0.15, 0.2) is 0 Å². The highest BCUT2D eigenvalue weighted by Crippen LogP contribution is 2.50. The fraction of sp³-hybridized carbons (Fsp3) is 0.280. The van der Waals surface area contributed by atoms with Crippen LogP contribution in [0.1, 0.15) is 38.4 Å². The van der Waals surface area contributed by atoms with E-state index in [4.69, 9.17) is 19.4 Å². The van der Waals surface area contributed by atoms with E-state index in [9.17, 15) is 0 Å². The van der Waals surface area contributed by atoms with Gasteiger partial charge in [0.2, 0.25) is 11.8 Å². The molecule has 30 heavy (non-hydrogen) atoms. The van der Waals surface area contributed by atoms with Crippen LogP contribution in [0, 0.1) is 5.92 Å². The monoisotopic (exact) mass is 392 g/mol. The predicted octanol–water partition coefficient (Wildman–Crippen LogP) is 3.89. The summed E-state index contributed by atoms with van der Waals surface area (Å²) in [5.74, 6) is 4.71. The quantitative estimate of drug-likeness (QED) is 0.546. The normalized spacial score (nSPS) is 27.0. The Balaban J connectivity index is 1.47. The highest BCUT2D eigenvalue weighted by atomic mass is 16.5. The van der Waals surface area contributed by atoms with E-state index >= 15 is 0 Å². The lowest BCUT2D eigenvalue weighted by atomic mass is 9.34. The molecule has 4 nitrogen and oxygen atoms in total. The second-order valence-electron chi connectivity index (χ2n) is 9.14. The van der Waals surface area contributed by atoms with Gasteiger partial charge < -0.3 is 9.47 Å². The van der Waals surface area contributed by atoms with Crippen LogP contribution < -0.4 is 20.4 Å². The molecule has 0 spiro atoms. The average molecular weight is 392 g/mol. The minimum Gasteiger partial charge on any atom is -0.444 e. The van der Waals surface area contributed by atoms with Crippen LogP contribution >= 0.6 is 0 Å². The minimum absolute atomic E-state index is 0.0422. The molecular weight excluding hydrogens is 371 g/mol. The predicted molar refractivity (Wildman–Crippen MR) is 117 cm³/mol. The third-order valence-corrected chi connectivity index (χ3v) is 7.24. The van der Waals surface area contributed by atoms with Crippen LogP contribution in [0.3, 0.4) is 0 Å². The highest BCUT2D eigenvalue weighted by molar-refractivity contribution is 6.93. The smallest absolute Gasteiger partial charge is 0.264 e. The maximum atomic E-state index is 6.46. The summed E-state index contributed by atoms with van der Waals surface area (Å²) in [6.45, 7) is 2.18. The standard InChI is InChI=1S/C25H21BN2O2/c1-15-5-4-8-20-18(13-15)26-17-6-2-3-7-19(17)29-22-21(26)23(30-20)28-24(27-22)25-11-9-16(14-25)10-12-25/h2-7,9,11,13,16H,8,10,12,14H2,1H3. The van der Waals surface area contributed by atoms with Gasteiger partial charge in [-0.1, -0.05) is 54.2 Å². The van der Waals surface area contributed by atoms with Gasteiger partial charge in [0.1, 0.15) is 17.3 Å². The second-order valence-corrected chi connectivity index (χ2v) is 9.14. The number of para-hydroxylation sites is 1. The number of ether oxygens (including phenoxy) is 2. The molecule has 0 radical (unpaired) electrons. The first-order valence-corrected chi connectivity index (χ1v) is 10.8. The van der Waals surface area contributed by atoms with Crippen molar-refractivity contribution >= 4 is 17.6 Å². The Hall–Kier alpha value is -3.08. The van der Waals surface area contributed by atoms with Gasteiger partial charge >= 0.3 is 0 Å². The van der Waals surface area contributed by atoms with Crippen LogP contribution in [0.4, 0.5) is 0 Å². The van der Waals surface area contributed by atoms with Crippen molar-refractivity contribution in [2.24, 2.45) is 5.92 Å². The Morgan fingerprint density at radius 2 is 2.00 bits per heavy atom. The van der Waals surface area contributed by atoms with Gasteiger partial charge in [-0.05, 0) is 49.1 Å². The SMILES string of the molecule is CC1=CC2=C(CC=C1)Oc1nc(C34C=CC(CC3)C4)nc3c1B2c1ccccc1O3. The Kier molecular flexibility index (Phi) is 3.20. The molecule has 1 fully saturated rings. The number of hydrogen-bond acceptors (Lipinski definition) is 4. The number of benzene rings is 1. The molecule has 2 bridgehead atoms. The molecule has 146 valence electrons. The van der Waals surface area contributed by atoms with E-state index in [2.05, 4.69) is 49.4 Å². The molecule has 2 unspecified atom stereocenters. The molecule has 5 heteroatoms. The lowest BCUT2D eigenvalue weighted by molar-refractivity contribution is 0.378. The Morgan fingerprint density at radius 1 is 1.13 bits per heavy atom. The van der Waals surface area contributed by atoms with E-state index in [1.54, 1.807) is 0 Å². The number of rotatable bonds is 1. The summed E-state index contributed by atoms with van der Waals surface area (Å²) < 4.78 is 12.8. The van der Waals surface area contributed by atoms with Gasteiger partial charge in [0.25, 0.3) is 6.71 Å².